The number of ether oxygens (including phenoxy) is 1. The van der Waals surface area contributed by atoms with Crippen molar-refractivity contribution in [3.05, 3.63) is 29.8 Å². The van der Waals surface area contributed by atoms with Crippen LogP contribution in [0.1, 0.15) is 31.2 Å². The number of esters is 1. The molecule has 1 aromatic carbocycles. The molecule has 3 aliphatic rings. The molecule has 4 rings (SSSR count). The van der Waals surface area contributed by atoms with Gasteiger partial charge in [0.15, 0.2) is 6.61 Å². The Bertz CT molecular complexity index is 720. The van der Waals surface area contributed by atoms with Gasteiger partial charge < -0.3 is 14.5 Å². The molecule has 6 heteroatoms. The third-order valence-corrected chi connectivity index (χ3v) is 5.59. The Balaban J connectivity index is 1.24. The molecule has 138 valence electrons. The summed E-state index contributed by atoms with van der Waals surface area (Å²) in [7, 11) is 0. The highest BCUT2D eigenvalue weighted by molar-refractivity contribution is 5.97. The summed E-state index contributed by atoms with van der Waals surface area (Å²) in [6, 6.07) is 7.82. The van der Waals surface area contributed by atoms with Gasteiger partial charge in [-0.25, -0.2) is 0 Å². The predicted octanol–water partition coefficient (Wildman–Crippen LogP) is 1.77. The van der Waals surface area contributed by atoms with Crippen LogP contribution >= 0.6 is 0 Å². The Morgan fingerprint density at radius 3 is 2.42 bits per heavy atom. The minimum absolute atomic E-state index is 0.176. The number of likely N-dealkylation sites (tertiary alicyclic amines) is 1. The second-order valence-corrected chi connectivity index (χ2v) is 7.41. The average molecular weight is 356 g/mol. The summed E-state index contributed by atoms with van der Waals surface area (Å²) >= 11 is 0. The Kier molecular flexibility index (Phi) is 4.66. The minimum Gasteiger partial charge on any atom is -0.455 e. The number of carbonyl (C=O) groups is 3. The van der Waals surface area contributed by atoms with Crippen molar-refractivity contribution in [1.29, 1.82) is 0 Å². The van der Waals surface area contributed by atoms with Crippen molar-refractivity contribution in [2.45, 2.75) is 32.1 Å². The number of hydrogen-bond acceptors (Lipinski definition) is 4. The van der Waals surface area contributed by atoms with Crippen molar-refractivity contribution < 1.29 is 19.1 Å². The SMILES string of the molecule is O=C(OCC(=O)N1CCc2ccccc21)C1CCN(C(=O)C2CC2)CC1. The maximum atomic E-state index is 12.4. The first-order valence-electron chi connectivity index (χ1n) is 9.47. The topological polar surface area (TPSA) is 66.9 Å². The number of fused-ring (bicyclic) bond motifs is 1. The molecule has 0 atom stereocenters. The number of anilines is 1. The maximum absolute atomic E-state index is 12.4. The third-order valence-electron chi connectivity index (χ3n) is 5.59. The zero-order chi connectivity index (χ0) is 18.1. The Morgan fingerprint density at radius 2 is 1.69 bits per heavy atom. The number of nitrogens with zero attached hydrogens (tertiary/aromatic N) is 2. The lowest BCUT2D eigenvalue weighted by Gasteiger charge is -2.31. The van der Waals surface area contributed by atoms with Gasteiger partial charge in [0, 0.05) is 31.2 Å². The fraction of sp³-hybridized carbons (Fsp3) is 0.550. The van der Waals surface area contributed by atoms with Crippen molar-refractivity contribution in [1.82, 2.24) is 4.90 Å². The fourth-order valence-electron chi connectivity index (χ4n) is 3.85. The molecule has 0 spiro atoms. The van der Waals surface area contributed by atoms with E-state index in [1.54, 1.807) is 4.90 Å². The molecular weight excluding hydrogens is 332 g/mol. The van der Waals surface area contributed by atoms with Crippen LogP contribution in [0.4, 0.5) is 5.69 Å². The minimum atomic E-state index is -0.315. The van der Waals surface area contributed by atoms with Gasteiger partial charge in [-0.2, -0.15) is 0 Å². The van der Waals surface area contributed by atoms with E-state index in [0.29, 0.717) is 32.5 Å². The highest BCUT2D eigenvalue weighted by Gasteiger charge is 2.36. The molecule has 0 aromatic heterocycles. The quantitative estimate of drug-likeness (QED) is 0.771. The van der Waals surface area contributed by atoms with Crippen LogP contribution in [0.2, 0.25) is 0 Å². The van der Waals surface area contributed by atoms with Crippen molar-refractivity contribution >= 4 is 23.5 Å². The van der Waals surface area contributed by atoms with E-state index in [1.165, 1.54) is 0 Å². The molecule has 2 aliphatic heterocycles. The average Bonchev–Trinajstić information content (AvgIpc) is 3.44. The second kappa shape index (κ2) is 7.09. The lowest BCUT2D eigenvalue weighted by Crippen LogP contribution is -2.42. The molecule has 1 aromatic rings. The van der Waals surface area contributed by atoms with Gasteiger partial charge in [-0.3, -0.25) is 14.4 Å². The van der Waals surface area contributed by atoms with E-state index in [9.17, 15) is 14.4 Å². The van der Waals surface area contributed by atoms with Gasteiger partial charge in [-0.05, 0) is 43.7 Å². The molecule has 0 bridgehead atoms. The number of hydrogen-bond donors (Lipinski definition) is 0. The Morgan fingerprint density at radius 1 is 0.962 bits per heavy atom. The summed E-state index contributed by atoms with van der Waals surface area (Å²) in [4.78, 5) is 40.3. The van der Waals surface area contributed by atoms with Crippen LogP contribution < -0.4 is 4.90 Å². The number of carbonyl (C=O) groups excluding carboxylic acids is 3. The number of piperidine rings is 1. The van der Waals surface area contributed by atoms with E-state index in [1.807, 2.05) is 29.2 Å². The summed E-state index contributed by atoms with van der Waals surface area (Å²) in [5, 5.41) is 0. The van der Waals surface area contributed by atoms with Gasteiger partial charge in [-0.1, -0.05) is 18.2 Å². The van der Waals surface area contributed by atoms with Gasteiger partial charge in [0.25, 0.3) is 5.91 Å². The van der Waals surface area contributed by atoms with Gasteiger partial charge in [0.1, 0.15) is 0 Å². The van der Waals surface area contributed by atoms with Crippen LogP contribution in [0.3, 0.4) is 0 Å². The van der Waals surface area contributed by atoms with Crippen LogP contribution in [-0.4, -0.2) is 48.9 Å². The Hall–Kier alpha value is -2.37. The zero-order valence-corrected chi connectivity index (χ0v) is 14.9. The van der Waals surface area contributed by atoms with Crippen molar-refractivity contribution in [2.75, 3.05) is 31.1 Å². The van der Waals surface area contributed by atoms with Gasteiger partial charge >= 0.3 is 5.97 Å². The molecule has 2 amide bonds. The molecule has 2 heterocycles. The molecule has 2 fully saturated rings. The standard InChI is InChI=1S/C20H24N2O4/c23-18(22-12-9-14-3-1-2-4-17(14)22)13-26-20(25)16-7-10-21(11-8-16)19(24)15-5-6-15/h1-4,15-16H,5-13H2. The van der Waals surface area contributed by atoms with Gasteiger partial charge in [0.2, 0.25) is 5.91 Å². The fourth-order valence-corrected chi connectivity index (χ4v) is 3.85. The van der Waals surface area contributed by atoms with Crippen LogP contribution in [0.25, 0.3) is 0 Å². The highest BCUT2D eigenvalue weighted by Crippen LogP contribution is 2.32. The Labute approximate surface area is 153 Å². The maximum Gasteiger partial charge on any atom is 0.309 e. The number of rotatable bonds is 4. The first-order valence-corrected chi connectivity index (χ1v) is 9.47. The lowest BCUT2D eigenvalue weighted by atomic mass is 9.97. The van der Waals surface area contributed by atoms with Crippen molar-refractivity contribution in [2.24, 2.45) is 11.8 Å². The molecule has 0 unspecified atom stereocenters. The molecule has 26 heavy (non-hydrogen) atoms. The summed E-state index contributed by atoms with van der Waals surface area (Å²) in [5.74, 6) is -0.245. The van der Waals surface area contributed by atoms with E-state index < -0.39 is 0 Å². The first kappa shape index (κ1) is 17.1. The first-order chi connectivity index (χ1) is 12.6. The lowest BCUT2D eigenvalue weighted by molar-refractivity contribution is -0.154. The smallest absolute Gasteiger partial charge is 0.309 e. The summed E-state index contributed by atoms with van der Waals surface area (Å²) < 4.78 is 5.29. The van der Waals surface area contributed by atoms with Gasteiger partial charge in [0.05, 0.1) is 5.92 Å². The van der Waals surface area contributed by atoms with Crippen LogP contribution in [0.15, 0.2) is 24.3 Å². The number of para-hydroxylation sites is 1. The van der Waals surface area contributed by atoms with Crippen LogP contribution in [-0.2, 0) is 25.5 Å². The molecule has 0 radical (unpaired) electrons. The molecule has 6 nitrogen and oxygen atoms in total. The summed E-state index contributed by atoms with van der Waals surface area (Å²) in [6.07, 6.45) is 4.09. The van der Waals surface area contributed by atoms with Crippen molar-refractivity contribution in [3.63, 3.8) is 0 Å². The van der Waals surface area contributed by atoms with Crippen molar-refractivity contribution in [3.8, 4) is 0 Å². The molecule has 1 aliphatic carbocycles. The molecule has 1 saturated carbocycles. The van der Waals surface area contributed by atoms with E-state index >= 15 is 0 Å². The largest absolute Gasteiger partial charge is 0.455 e. The normalized spacial score (nSPS) is 20.0. The monoisotopic (exact) mass is 356 g/mol. The number of amides is 2. The molecular formula is C20H24N2O4. The number of benzene rings is 1. The summed E-state index contributed by atoms with van der Waals surface area (Å²) in [6.45, 7) is 1.65. The van der Waals surface area contributed by atoms with Crippen LogP contribution in [0, 0.1) is 11.8 Å². The third kappa shape index (κ3) is 3.45. The molecule has 1 saturated heterocycles. The van der Waals surface area contributed by atoms with E-state index in [2.05, 4.69) is 0 Å². The predicted molar refractivity (Wildman–Crippen MR) is 95.5 cm³/mol. The van der Waals surface area contributed by atoms with Gasteiger partial charge in [-0.15, -0.1) is 0 Å². The molecule has 0 N–H and O–H groups in total. The second-order valence-electron chi connectivity index (χ2n) is 7.41. The van der Waals surface area contributed by atoms with Crippen LogP contribution in [0.5, 0.6) is 0 Å². The summed E-state index contributed by atoms with van der Waals surface area (Å²) in [5.41, 5.74) is 2.07. The van der Waals surface area contributed by atoms with E-state index in [4.69, 9.17) is 4.74 Å². The zero-order valence-electron chi connectivity index (χ0n) is 14.9. The highest BCUT2D eigenvalue weighted by atomic mass is 16.5. The van der Waals surface area contributed by atoms with E-state index in [-0.39, 0.29) is 36.2 Å². The van der Waals surface area contributed by atoms with E-state index in [0.717, 1.165) is 30.5 Å².